The van der Waals surface area contributed by atoms with Crippen LogP contribution in [-0.2, 0) is 11.2 Å². The minimum atomic E-state index is -0.0453. The molecule has 1 fully saturated rings. The molecule has 6 rings (SSSR count). The average molecular weight is 512 g/mol. The number of benzene rings is 3. The lowest BCUT2D eigenvalue weighted by atomic mass is 10.0. The fourth-order valence-electron chi connectivity index (χ4n) is 4.86. The Balaban J connectivity index is 1.43. The van der Waals surface area contributed by atoms with Crippen LogP contribution in [0, 0.1) is 6.92 Å². The molecular formula is C29H26ClN5O2. The van der Waals surface area contributed by atoms with Crippen molar-refractivity contribution in [3.05, 3.63) is 83.7 Å². The zero-order valence-electron chi connectivity index (χ0n) is 20.5. The van der Waals surface area contributed by atoms with Crippen LogP contribution in [0.15, 0.2) is 71.3 Å². The number of halogens is 1. The van der Waals surface area contributed by atoms with Gasteiger partial charge in [0.1, 0.15) is 28.6 Å². The van der Waals surface area contributed by atoms with Crippen LogP contribution >= 0.6 is 11.6 Å². The van der Waals surface area contributed by atoms with Gasteiger partial charge < -0.3 is 14.3 Å². The van der Waals surface area contributed by atoms with Crippen LogP contribution in [0.5, 0.6) is 0 Å². The smallest absolute Gasteiger partial charge is 0.263 e. The van der Waals surface area contributed by atoms with E-state index in [9.17, 15) is 4.79 Å². The fraction of sp³-hybridized carbons (Fsp3) is 0.241. The minimum Gasteiger partial charge on any atom is -0.352 e. The van der Waals surface area contributed by atoms with Gasteiger partial charge in [-0.3, -0.25) is 4.79 Å². The number of anilines is 1. The summed E-state index contributed by atoms with van der Waals surface area (Å²) in [6.45, 7) is 4.52. The SMILES string of the molecule is Cc1ccc(Cc2nc(N3CCN(C(=O)CCl)CC3)c3c(-c4ccc5ccccc5c4)noc3n2)cc1. The molecule has 1 aliphatic heterocycles. The molecule has 0 aliphatic carbocycles. The van der Waals surface area contributed by atoms with Crippen molar-refractivity contribution in [2.45, 2.75) is 13.3 Å². The Morgan fingerprint density at radius 2 is 1.70 bits per heavy atom. The zero-order chi connectivity index (χ0) is 25.4. The summed E-state index contributed by atoms with van der Waals surface area (Å²) in [7, 11) is 0. The van der Waals surface area contributed by atoms with Gasteiger partial charge in [0.05, 0.1) is 0 Å². The molecule has 186 valence electrons. The number of aryl methyl sites for hydroxylation is 1. The summed E-state index contributed by atoms with van der Waals surface area (Å²) < 4.78 is 5.81. The first-order valence-corrected chi connectivity index (χ1v) is 12.9. The highest BCUT2D eigenvalue weighted by molar-refractivity contribution is 6.27. The third-order valence-corrected chi connectivity index (χ3v) is 7.14. The molecule has 0 unspecified atom stereocenters. The predicted molar refractivity (Wildman–Crippen MR) is 146 cm³/mol. The van der Waals surface area contributed by atoms with Gasteiger partial charge in [0.25, 0.3) is 5.71 Å². The van der Waals surface area contributed by atoms with Gasteiger partial charge in [-0.15, -0.1) is 11.6 Å². The Morgan fingerprint density at radius 1 is 0.946 bits per heavy atom. The molecule has 8 heteroatoms. The molecule has 1 saturated heterocycles. The maximum atomic E-state index is 12.1. The third kappa shape index (κ3) is 4.62. The molecule has 0 atom stereocenters. The van der Waals surface area contributed by atoms with Crippen LogP contribution in [-0.4, -0.2) is 58.0 Å². The molecule has 37 heavy (non-hydrogen) atoms. The molecule has 1 aliphatic rings. The van der Waals surface area contributed by atoms with Crippen LogP contribution in [0.2, 0.25) is 0 Å². The largest absolute Gasteiger partial charge is 0.352 e. The van der Waals surface area contributed by atoms with Gasteiger partial charge in [-0.1, -0.05) is 71.4 Å². The molecule has 0 N–H and O–H groups in total. The average Bonchev–Trinajstić information content (AvgIpc) is 3.37. The first-order chi connectivity index (χ1) is 18.1. The van der Waals surface area contributed by atoms with Crippen molar-refractivity contribution < 1.29 is 9.32 Å². The van der Waals surface area contributed by atoms with Crippen molar-refractivity contribution in [1.82, 2.24) is 20.0 Å². The standard InChI is InChI=1S/C29H26ClN5O2/c1-19-6-8-20(9-7-19)16-24-31-28(35-14-12-34(13-15-35)25(36)18-30)26-27(33-37-29(26)32-24)23-11-10-21-4-2-3-5-22(21)17-23/h2-11,17H,12-16,18H2,1H3. The van der Waals surface area contributed by atoms with Gasteiger partial charge in [-0.2, -0.15) is 4.98 Å². The van der Waals surface area contributed by atoms with E-state index in [0.717, 1.165) is 38.8 Å². The Labute approximate surface area is 219 Å². The number of aromatic nitrogens is 3. The van der Waals surface area contributed by atoms with E-state index >= 15 is 0 Å². The second-order valence-corrected chi connectivity index (χ2v) is 9.67. The van der Waals surface area contributed by atoms with Crippen LogP contribution in [0.1, 0.15) is 17.0 Å². The number of hydrogen-bond donors (Lipinski definition) is 0. The van der Waals surface area contributed by atoms with Crippen molar-refractivity contribution in [1.29, 1.82) is 0 Å². The molecular weight excluding hydrogens is 486 g/mol. The fourth-order valence-corrected chi connectivity index (χ4v) is 5.03. The van der Waals surface area contributed by atoms with Gasteiger partial charge in [0.15, 0.2) is 0 Å². The molecule has 3 heterocycles. The highest BCUT2D eigenvalue weighted by Crippen LogP contribution is 2.35. The first-order valence-electron chi connectivity index (χ1n) is 12.4. The summed E-state index contributed by atoms with van der Waals surface area (Å²) in [5.41, 5.74) is 4.47. The van der Waals surface area contributed by atoms with Crippen molar-refractivity contribution in [3.63, 3.8) is 0 Å². The van der Waals surface area contributed by atoms with Crippen molar-refractivity contribution in [2.75, 3.05) is 37.0 Å². The summed E-state index contributed by atoms with van der Waals surface area (Å²) in [6, 6.07) is 22.9. The first kappa shape index (κ1) is 23.4. The van der Waals surface area contributed by atoms with Gasteiger partial charge in [0, 0.05) is 38.2 Å². The number of carbonyl (C=O) groups is 1. The number of carbonyl (C=O) groups excluding carboxylic acids is 1. The Bertz CT molecular complexity index is 1590. The summed E-state index contributed by atoms with van der Waals surface area (Å²) in [5.74, 6) is 1.41. The zero-order valence-corrected chi connectivity index (χ0v) is 21.3. The second-order valence-electron chi connectivity index (χ2n) is 9.40. The van der Waals surface area contributed by atoms with Gasteiger partial charge in [-0.05, 0) is 29.3 Å². The third-order valence-electron chi connectivity index (χ3n) is 6.92. The summed E-state index contributed by atoms with van der Waals surface area (Å²) in [6.07, 6.45) is 0.583. The van der Waals surface area contributed by atoms with Crippen molar-refractivity contribution in [3.8, 4) is 11.3 Å². The van der Waals surface area contributed by atoms with E-state index in [0.29, 0.717) is 44.1 Å². The second kappa shape index (κ2) is 9.82. The minimum absolute atomic E-state index is 0.00376. The summed E-state index contributed by atoms with van der Waals surface area (Å²) in [4.78, 5) is 25.9. The number of nitrogens with zero attached hydrogens (tertiary/aromatic N) is 5. The van der Waals surface area contributed by atoms with E-state index in [4.69, 9.17) is 26.1 Å². The van der Waals surface area contributed by atoms with Gasteiger partial charge >= 0.3 is 0 Å². The number of rotatable bonds is 5. The lowest BCUT2D eigenvalue weighted by Gasteiger charge is -2.35. The van der Waals surface area contributed by atoms with Crippen molar-refractivity contribution in [2.24, 2.45) is 0 Å². The van der Waals surface area contributed by atoms with Gasteiger partial charge in [-0.25, -0.2) is 4.98 Å². The lowest BCUT2D eigenvalue weighted by molar-refractivity contribution is -0.128. The predicted octanol–water partition coefficient (Wildman–Crippen LogP) is 5.22. The Morgan fingerprint density at radius 3 is 2.46 bits per heavy atom. The Hall–Kier alpha value is -3.97. The number of hydrogen-bond acceptors (Lipinski definition) is 6. The normalized spacial score (nSPS) is 14.0. The quantitative estimate of drug-likeness (QED) is 0.301. The number of fused-ring (bicyclic) bond motifs is 2. The lowest BCUT2D eigenvalue weighted by Crippen LogP contribution is -2.49. The molecule has 2 aromatic heterocycles. The van der Waals surface area contributed by atoms with E-state index in [-0.39, 0.29) is 11.8 Å². The van der Waals surface area contributed by atoms with E-state index in [2.05, 4.69) is 71.6 Å². The maximum Gasteiger partial charge on any atom is 0.263 e. The van der Waals surface area contributed by atoms with Crippen LogP contribution in [0.25, 0.3) is 33.1 Å². The van der Waals surface area contributed by atoms with E-state index in [1.807, 2.05) is 12.1 Å². The Kier molecular flexibility index (Phi) is 6.22. The van der Waals surface area contributed by atoms with Crippen molar-refractivity contribution >= 4 is 45.2 Å². The molecule has 0 saturated carbocycles. The van der Waals surface area contributed by atoms with Crippen LogP contribution in [0.4, 0.5) is 5.82 Å². The number of alkyl halides is 1. The number of amides is 1. The molecule has 5 aromatic rings. The topological polar surface area (TPSA) is 75.4 Å². The molecule has 0 radical (unpaired) electrons. The molecule has 1 amide bonds. The summed E-state index contributed by atoms with van der Waals surface area (Å²) in [5, 5.41) is 7.54. The highest BCUT2D eigenvalue weighted by atomic mass is 35.5. The number of piperazine rings is 1. The monoisotopic (exact) mass is 511 g/mol. The van der Waals surface area contributed by atoms with E-state index < -0.39 is 0 Å². The highest BCUT2D eigenvalue weighted by Gasteiger charge is 2.27. The molecule has 7 nitrogen and oxygen atoms in total. The molecule has 3 aromatic carbocycles. The molecule has 0 spiro atoms. The van der Waals surface area contributed by atoms with E-state index in [1.54, 1.807) is 4.90 Å². The van der Waals surface area contributed by atoms with Crippen LogP contribution < -0.4 is 4.90 Å². The molecule has 0 bridgehead atoms. The van der Waals surface area contributed by atoms with E-state index in [1.165, 1.54) is 5.56 Å². The van der Waals surface area contributed by atoms with Gasteiger partial charge in [0.2, 0.25) is 5.91 Å². The summed E-state index contributed by atoms with van der Waals surface area (Å²) >= 11 is 5.79. The van der Waals surface area contributed by atoms with Crippen LogP contribution in [0.3, 0.4) is 0 Å². The maximum absolute atomic E-state index is 12.1.